The summed E-state index contributed by atoms with van der Waals surface area (Å²) in [5.74, 6) is -0.538. The van der Waals surface area contributed by atoms with Crippen LogP contribution in [0.4, 0.5) is 0 Å². The zero-order valence-corrected chi connectivity index (χ0v) is 13.1. The molecular formula is C17H20N2O3. The standard InChI is InChI=1S/C17H20N2O3/c1-4-22-16(21)11-13(20)8-9-14-15-7-5-6-10-19(15)18-17(14)12(2)3/h5-10,12H,4,11H2,1-3H3/b9-8+. The second kappa shape index (κ2) is 7.02. The largest absolute Gasteiger partial charge is 0.466 e. The number of aromatic nitrogens is 2. The molecule has 0 saturated heterocycles. The molecule has 0 unspecified atom stereocenters. The van der Waals surface area contributed by atoms with Gasteiger partial charge in [-0.15, -0.1) is 0 Å². The van der Waals surface area contributed by atoms with Gasteiger partial charge in [-0.05, 0) is 37.1 Å². The number of esters is 1. The quantitative estimate of drug-likeness (QED) is 0.467. The molecule has 5 nitrogen and oxygen atoms in total. The van der Waals surface area contributed by atoms with Crippen molar-refractivity contribution in [3.63, 3.8) is 0 Å². The zero-order chi connectivity index (χ0) is 16.1. The molecule has 0 aromatic carbocycles. The lowest BCUT2D eigenvalue weighted by Crippen LogP contribution is -2.09. The molecule has 2 rings (SSSR count). The Morgan fingerprint density at radius 1 is 1.36 bits per heavy atom. The molecule has 2 heterocycles. The predicted octanol–water partition coefficient (Wildman–Crippen LogP) is 2.99. The van der Waals surface area contributed by atoms with Crippen molar-refractivity contribution in [2.24, 2.45) is 0 Å². The van der Waals surface area contributed by atoms with Gasteiger partial charge in [0, 0.05) is 11.8 Å². The van der Waals surface area contributed by atoms with Crippen molar-refractivity contribution in [3.8, 4) is 0 Å². The number of allylic oxidation sites excluding steroid dienone is 1. The molecule has 0 aliphatic carbocycles. The van der Waals surface area contributed by atoms with Crippen molar-refractivity contribution in [2.75, 3.05) is 6.61 Å². The number of carbonyl (C=O) groups is 2. The molecule has 0 N–H and O–H groups in total. The van der Waals surface area contributed by atoms with Gasteiger partial charge >= 0.3 is 5.97 Å². The third-order valence-electron chi connectivity index (χ3n) is 3.21. The van der Waals surface area contributed by atoms with Gasteiger partial charge in [0.1, 0.15) is 6.42 Å². The van der Waals surface area contributed by atoms with E-state index in [4.69, 9.17) is 4.74 Å². The van der Waals surface area contributed by atoms with E-state index in [1.54, 1.807) is 17.5 Å². The van der Waals surface area contributed by atoms with Crippen LogP contribution in [0.15, 0.2) is 30.5 Å². The van der Waals surface area contributed by atoms with Gasteiger partial charge < -0.3 is 4.74 Å². The molecular weight excluding hydrogens is 280 g/mol. The summed E-state index contributed by atoms with van der Waals surface area (Å²) in [4.78, 5) is 23.1. The van der Waals surface area contributed by atoms with Crippen LogP contribution in [-0.2, 0) is 14.3 Å². The Morgan fingerprint density at radius 3 is 2.82 bits per heavy atom. The van der Waals surface area contributed by atoms with Crippen molar-refractivity contribution < 1.29 is 14.3 Å². The molecule has 22 heavy (non-hydrogen) atoms. The molecule has 2 aromatic rings. The fraction of sp³-hybridized carbons (Fsp3) is 0.353. The number of ether oxygens (including phenoxy) is 1. The fourth-order valence-electron chi connectivity index (χ4n) is 2.22. The summed E-state index contributed by atoms with van der Waals surface area (Å²) in [6.45, 7) is 6.10. The Hall–Kier alpha value is -2.43. The Kier molecular flexibility index (Phi) is 5.09. The van der Waals surface area contributed by atoms with Crippen molar-refractivity contribution in [2.45, 2.75) is 33.1 Å². The van der Waals surface area contributed by atoms with Gasteiger partial charge in [0.15, 0.2) is 5.78 Å². The average molecular weight is 300 g/mol. The third kappa shape index (κ3) is 3.61. The fourth-order valence-corrected chi connectivity index (χ4v) is 2.22. The van der Waals surface area contributed by atoms with Crippen LogP contribution in [0.25, 0.3) is 11.6 Å². The van der Waals surface area contributed by atoms with Gasteiger partial charge in [0.05, 0.1) is 17.8 Å². The highest BCUT2D eigenvalue weighted by molar-refractivity contribution is 6.04. The van der Waals surface area contributed by atoms with Crippen LogP contribution in [0.5, 0.6) is 0 Å². The van der Waals surface area contributed by atoms with E-state index < -0.39 is 5.97 Å². The van der Waals surface area contributed by atoms with Crippen LogP contribution in [0.1, 0.15) is 44.4 Å². The lowest BCUT2D eigenvalue weighted by molar-refractivity contribution is -0.144. The maximum atomic E-state index is 11.8. The molecule has 0 saturated carbocycles. The zero-order valence-electron chi connectivity index (χ0n) is 13.1. The first-order valence-electron chi connectivity index (χ1n) is 7.36. The second-order valence-electron chi connectivity index (χ2n) is 5.27. The van der Waals surface area contributed by atoms with Crippen LogP contribution < -0.4 is 0 Å². The molecule has 0 radical (unpaired) electrons. The summed E-state index contributed by atoms with van der Waals surface area (Å²) in [6, 6.07) is 5.79. The van der Waals surface area contributed by atoms with Gasteiger partial charge in [-0.3, -0.25) is 9.59 Å². The summed E-state index contributed by atoms with van der Waals surface area (Å²) >= 11 is 0. The van der Waals surface area contributed by atoms with Gasteiger partial charge in [0.2, 0.25) is 0 Å². The van der Waals surface area contributed by atoms with Crippen molar-refractivity contribution in [3.05, 3.63) is 41.7 Å². The van der Waals surface area contributed by atoms with Crippen molar-refractivity contribution in [1.29, 1.82) is 0 Å². The number of pyridine rings is 1. The van der Waals surface area contributed by atoms with Crippen LogP contribution in [0.3, 0.4) is 0 Å². The monoisotopic (exact) mass is 300 g/mol. The van der Waals surface area contributed by atoms with E-state index in [0.717, 1.165) is 16.8 Å². The first-order chi connectivity index (χ1) is 10.5. The molecule has 0 aliphatic heterocycles. The number of fused-ring (bicyclic) bond motifs is 1. The molecule has 0 spiro atoms. The number of hydrogen-bond donors (Lipinski definition) is 0. The maximum Gasteiger partial charge on any atom is 0.313 e. The van der Waals surface area contributed by atoms with Crippen LogP contribution in [-0.4, -0.2) is 28.0 Å². The van der Waals surface area contributed by atoms with Gasteiger partial charge in [-0.2, -0.15) is 5.10 Å². The molecule has 0 bridgehead atoms. The number of nitrogens with zero attached hydrogens (tertiary/aromatic N) is 2. The van der Waals surface area contributed by atoms with E-state index in [1.807, 2.05) is 24.4 Å². The molecule has 116 valence electrons. The predicted molar refractivity (Wildman–Crippen MR) is 84.6 cm³/mol. The average Bonchev–Trinajstić information content (AvgIpc) is 2.84. The lowest BCUT2D eigenvalue weighted by Gasteiger charge is -2.01. The highest BCUT2D eigenvalue weighted by atomic mass is 16.5. The van der Waals surface area contributed by atoms with E-state index in [0.29, 0.717) is 0 Å². The SMILES string of the molecule is CCOC(=O)CC(=O)/C=C/c1c(C(C)C)nn2ccccc12. The van der Waals surface area contributed by atoms with E-state index in [1.165, 1.54) is 6.08 Å². The highest BCUT2D eigenvalue weighted by Crippen LogP contribution is 2.24. The first kappa shape index (κ1) is 15.9. The smallest absolute Gasteiger partial charge is 0.313 e. The molecule has 0 aliphatic rings. The first-order valence-corrected chi connectivity index (χ1v) is 7.36. The Morgan fingerprint density at radius 2 is 2.14 bits per heavy atom. The topological polar surface area (TPSA) is 60.7 Å². The van der Waals surface area contributed by atoms with Crippen LogP contribution >= 0.6 is 0 Å². The summed E-state index contributed by atoms with van der Waals surface area (Å²) in [6.07, 6.45) is 4.80. The molecule has 0 atom stereocenters. The second-order valence-corrected chi connectivity index (χ2v) is 5.27. The summed E-state index contributed by atoms with van der Waals surface area (Å²) in [5, 5.41) is 4.54. The molecule has 0 amide bonds. The summed E-state index contributed by atoms with van der Waals surface area (Å²) < 4.78 is 6.57. The molecule has 0 fully saturated rings. The Bertz CT molecular complexity index is 714. The molecule has 5 heteroatoms. The number of carbonyl (C=O) groups excluding carboxylic acids is 2. The minimum absolute atomic E-state index is 0.236. The van der Waals surface area contributed by atoms with E-state index in [-0.39, 0.29) is 24.7 Å². The summed E-state index contributed by atoms with van der Waals surface area (Å²) in [5.41, 5.74) is 2.77. The normalized spacial score (nSPS) is 11.5. The summed E-state index contributed by atoms with van der Waals surface area (Å²) in [7, 11) is 0. The minimum atomic E-state index is -0.499. The number of ketones is 1. The van der Waals surface area contributed by atoms with Gasteiger partial charge in [-0.1, -0.05) is 19.9 Å². The van der Waals surface area contributed by atoms with Crippen LogP contribution in [0.2, 0.25) is 0 Å². The maximum absolute atomic E-state index is 11.8. The van der Waals surface area contributed by atoms with Crippen LogP contribution in [0, 0.1) is 0 Å². The molecule has 2 aromatic heterocycles. The van der Waals surface area contributed by atoms with Crippen molar-refractivity contribution >= 4 is 23.3 Å². The Balaban J connectivity index is 2.26. The minimum Gasteiger partial charge on any atom is -0.466 e. The van der Waals surface area contributed by atoms with Gasteiger partial charge in [0.25, 0.3) is 0 Å². The van der Waals surface area contributed by atoms with Gasteiger partial charge in [-0.25, -0.2) is 4.52 Å². The number of rotatable bonds is 6. The van der Waals surface area contributed by atoms with E-state index in [9.17, 15) is 9.59 Å². The Labute approximate surface area is 129 Å². The number of hydrogen-bond acceptors (Lipinski definition) is 4. The highest BCUT2D eigenvalue weighted by Gasteiger charge is 2.14. The lowest BCUT2D eigenvalue weighted by atomic mass is 10.0. The van der Waals surface area contributed by atoms with Crippen molar-refractivity contribution in [1.82, 2.24) is 9.61 Å². The third-order valence-corrected chi connectivity index (χ3v) is 3.21. The van der Waals surface area contributed by atoms with E-state index >= 15 is 0 Å². The van der Waals surface area contributed by atoms with E-state index in [2.05, 4.69) is 18.9 Å².